The molecule has 1 unspecified atom stereocenters. The molecule has 0 aromatic heterocycles. The van der Waals surface area contributed by atoms with Crippen LogP contribution in [0.15, 0.2) is 0 Å². The summed E-state index contributed by atoms with van der Waals surface area (Å²) in [5.74, 6) is -0.344. The quantitative estimate of drug-likeness (QED) is 0.477. The van der Waals surface area contributed by atoms with Crippen LogP contribution in [-0.2, 0) is 19.1 Å². The van der Waals surface area contributed by atoms with E-state index in [4.69, 9.17) is 9.47 Å². The first-order valence-corrected chi connectivity index (χ1v) is 7.26. The predicted octanol–water partition coefficient (Wildman–Crippen LogP) is 3.34. The van der Waals surface area contributed by atoms with Crippen LogP contribution in [0.1, 0.15) is 60.3 Å². The lowest BCUT2D eigenvalue weighted by molar-refractivity contribution is -0.171. The zero-order valence-electron chi connectivity index (χ0n) is 13.0. The maximum atomic E-state index is 12.0. The molecule has 0 amide bonds. The van der Waals surface area contributed by atoms with Crippen molar-refractivity contribution in [2.75, 3.05) is 13.2 Å². The third kappa shape index (κ3) is 5.62. The average Bonchev–Trinajstić information content (AvgIpc) is 2.38. The molecule has 4 nitrogen and oxygen atoms in total. The van der Waals surface area contributed by atoms with Crippen LogP contribution in [0.4, 0.5) is 0 Å². The molecular weight excluding hydrogens is 244 g/mol. The van der Waals surface area contributed by atoms with Gasteiger partial charge in [-0.2, -0.15) is 0 Å². The molecule has 0 aliphatic carbocycles. The third-order valence-electron chi connectivity index (χ3n) is 3.52. The number of rotatable bonds is 9. The summed E-state index contributed by atoms with van der Waals surface area (Å²) in [5.41, 5.74) is -1.17. The molecule has 0 radical (unpaired) electrons. The summed E-state index contributed by atoms with van der Waals surface area (Å²) < 4.78 is 10.0. The van der Waals surface area contributed by atoms with Gasteiger partial charge in [-0.25, -0.2) is 0 Å². The van der Waals surface area contributed by atoms with Crippen molar-refractivity contribution < 1.29 is 19.1 Å². The standard InChI is InChI=1S/C15H28O4/c1-6-12(4)10-9-11-15(5,13(16)18-7-2)14(17)19-8-3/h12H,6-11H2,1-5H3. The number of esters is 2. The van der Waals surface area contributed by atoms with E-state index >= 15 is 0 Å². The second kappa shape index (κ2) is 8.94. The Labute approximate surface area is 116 Å². The maximum absolute atomic E-state index is 12.0. The molecule has 0 aliphatic rings. The van der Waals surface area contributed by atoms with Crippen molar-refractivity contribution in [3.8, 4) is 0 Å². The molecule has 0 bridgehead atoms. The number of ether oxygens (including phenoxy) is 2. The monoisotopic (exact) mass is 272 g/mol. The van der Waals surface area contributed by atoms with Gasteiger partial charge >= 0.3 is 11.9 Å². The fraction of sp³-hybridized carbons (Fsp3) is 0.867. The van der Waals surface area contributed by atoms with E-state index in [1.807, 2.05) is 0 Å². The van der Waals surface area contributed by atoms with Crippen LogP contribution < -0.4 is 0 Å². The SMILES string of the molecule is CCOC(=O)C(C)(CCCC(C)CC)C(=O)OCC. The summed E-state index contributed by atoms with van der Waals surface area (Å²) in [6.07, 6.45) is 3.42. The van der Waals surface area contributed by atoms with E-state index in [0.717, 1.165) is 19.3 Å². The average molecular weight is 272 g/mol. The molecule has 0 fully saturated rings. The lowest BCUT2D eigenvalue weighted by atomic mass is 9.83. The minimum absolute atomic E-state index is 0.277. The largest absolute Gasteiger partial charge is 0.465 e. The number of hydrogen-bond donors (Lipinski definition) is 0. The van der Waals surface area contributed by atoms with Crippen LogP contribution in [0.3, 0.4) is 0 Å². The van der Waals surface area contributed by atoms with E-state index in [-0.39, 0.29) is 13.2 Å². The maximum Gasteiger partial charge on any atom is 0.323 e. The Morgan fingerprint density at radius 2 is 1.53 bits per heavy atom. The van der Waals surface area contributed by atoms with Gasteiger partial charge in [-0.05, 0) is 33.1 Å². The Morgan fingerprint density at radius 1 is 1.05 bits per heavy atom. The zero-order chi connectivity index (χ0) is 14.9. The van der Waals surface area contributed by atoms with Crippen molar-refractivity contribution >= 4 is 11.9 Å². The minimum Gasteiger partial charge on any atom is -0.465 e. The van der Waals surface area contributed by atoms with Crippen molar-refractivity contribution in [2.45, 2.75) is 60.3 Å². The van der Waals surface area contributed by atoms with Gasteiger partial charge < -0.3 is 9.47 Å². The van der Waals surface area contributed by atoms with E-state index in [1.54, 1.807) is 20.8 Å². The Kier molecular flexibility index (Phi) is 8.44. The van der Waals surface area contributed by atoms with Gasteiger partial charge in [0.25, 0.3) is 0 Å². The first-order chi connectivity index (χ1) is 8.92. The third-order valence-corrected chi connectivity index (χ3v) is 3.52. The van der Waals surface area contributed by atoms with Crippen molar-refractivity contribution in [1.29, 1.82) is 0 Å². The first kappa shape index (κ1) is 17.9. The van der Waals surface area contributed by atoms with Crippen LogP contribution in [0.25, 0.3) is 0 Å². The van der Waals surface area contributed by atoms with Crippen LogP contribution >= 0.6 is 0 Å². The molecular formula is C15H28O4. The van der Waals surface area contributed by atoms with Crippen LogP contribution in [0.5, 0.6) is 0 Å². The molecule has 0 aromatic rings. The van der Waals surface area contributed by atoms with Crippen molar-refractivity contribution in [2.24, 2.45) is 11.3 Å². The number of carbonyl (C=O) groups excluding carboxylic acids is 2. The first-order valence-electron chi connectivity index (χ1n) is 7.26. The van der Waals surface area contributed by atoms with Crippen molar-refractivity contribution in [3.05, 3.63) is 0 Å². The van der Waals surface area contributed by atoms with Crippen LogP contribution in [0.2, 0.25) is 0 Å². The van der Waals surface area contributed by atoms with Gasteiger partial charge in [0, 0.05) is 0 Å². The Hall–Kier alpha value is -1.06. The number of hydrogen-bond acceptors (Lipinski definition) is 4. The second-order valence-electron chi connectivity index (χ2n) is 5.18. The van der Waals surface area contributed by atoms with Gasteiger partial charge in [0.05, 0.1) is 13.2 Å². The Balaban J connectivity index is 4.66. The van der Waals surface area contributed by atoms with Crippen molar-refractivity contribution in [3.63, 3.8) is 0 Å². The summed E-state index contributed by atoms with van der Waals surface area (Å²) in [4.78, 5) is 24.0. The molecule has 0 saturated carbocycles. The molecule has 0 rings (SSSR count). The van der Waals surface area contributed by atoms with Gasteiger partial charge in [0.1, 0.15) is 0 Å². The van der Waals surface area contributed by atoms with E-state index in [1.165, 1.54) is 0 Å². The van der Waals surface area contributed by atoms with E-state index in [2.05, 4.69) is 13.8 Å². The minimum atomic E-state index is -1.17. The smallest absolute Gasteiger partial charge is 0.323 e. The van der Waals surface area contributed by atoms with Crippen molar-refractivity contribution in [1.82, 2.24) is 0 Å². The van der Waals surface area contributed by atoms with Crippen LogP contribution in [-0.4, -0.2) is 25.2 Å². The van der Waals surface area contributed by atoms with Gasteiger partial charge in [-0.3, -0.25) is 9.59 Å². The summed E-state index contributed by atoms with van der Waals surface area (Å²) in [5, 5.41) is 0. The van der Waals surface area contributed by atoms with Crippen LogP contribution in [0, 0.1) is 11.3 Å². The fourth-order valence-electron chi connectivity index (χ4n) is 1.88. The lowest BCUT2D eigenvalue weighted by Crippen LogP contribution is -2.39. The van der Waals surface area contributed by atoms with Gasteiger partial charge in [-0.1, -0.05) is 33.1 Å². The second-order valence-corrected chi connectivity index (χ2v) is 5.18. The molecule has 0 spiro atoms. The highest BCUT2D eigenvalue weighted by atomic mass is 16.6. The highest BCUT2D eigenvalue weighted by Crippen LogP contribution is 2.29. The predicted molar refractivity (Wildman–Crippen MR) is 74.7 cm³/mol. The zero-order valence-corrected chi connectivity index (χ0v) is 13.0. The van der Waals surface area contributed by atoms with Gasteiger partial charge in [0.2, 0.25) is 0 Å². The Bertz CT molecular complexity index is 268. The highest BCUT2D eigenvalue weighted by molar-refractivity contribution is 5.99. The molecule has 0 heterocycles. The molecule has 19 heavy (non-hydrogen) atoms. The molecule has 0 aliphatic heterocycles. The molecule has 0 saturated heterocycles. The topological polar surface area (TPSA) is 52.6 Å². The normalized spacial score (nSPS) is 12.9. The van der Waals surface area contributed by atoms with Gasteiger partial charge in [-0.15, -0.1) is 0 Å². The van der Waals surface area contributed by atoms with E-state index in [0.29, 0.717) is 12.3 Å². The fourth-order valence-corrected chi connectivity index (χ4v) is 1.88. The Morgan fingerprint density at radius 3 is 1.89 bits per heavy atom. The molecule has 1 atom stereocenters. The summed E-state index contributed by atoms with van der Waals surface area (Å²) in [6, 6.07) is 0. The molecule has 112 valence electrons. The molecule has 4 heteroatoms. The lowest BCUT2D eigenvalue weighted by Gasteiger charge is -2.25. The summed E-state index contributed by atoms with van der Waals surface area (Å²) in [7, 11) is 0. The molecule has 0 N–H and O–H groups in total. The van der Waals surface area contributed by atoms with E-state index < -0.39 is 17.4 Å². The van der Waals surface area contributed by atoms with Gasteiger partial charge in [0.15, 0.2) is 5.41 Å². The molecule has 0 aromatic carbocycles. The highest BCUT2D eigenvalue weighted by Gasteiger charge is 2.43. The van der Waals surface area contributed by atoms with E-state index in [9.17, 15) is 9.59 Å². The summed E-state index contributed by atoms with van der Waals surface area (Å²) in [6.45, 7) is 9.97. The number of carbonyl (C=O) groups is 2. The summed E-state index contributed by atoms with van der Waals surface area (Å²) >= 11 is 0.